The number of aliphatic hydroxyl groups is 1. The molecule has 5 unspecified atom stereocenters. The third kappa shape index (κ3) is 2.64. The molecule has 4 fully saturated rings. The average Bonchev–Trinajstić information content (AvgIpc) is 3.24. The van der Waals surface area contributed by atoms with Crippen LogP contribution in [0.25, 0.3) is 0 Å². The Bertz CT molecular complexity index is 639. The lowest BCUT2D eigenvalue weighted by molar-refractivity contribution is -0.159. The molecule has 0 aromatic rings. The molecule has 0 aromatic heterocycles. The molecule has 6 heteroatoms. The Morgan fingerprint density at radius 1 is 1.25 bits per heavy atom. The van der Waals surface area contributed by atoms with Crippen LogP contribution in [-0.4, -0.2) is 55.0 Å². The Labute approximate surface area is 168 Å². The Kier molecular flexibility index (Phi) is 4.70. The summed E-state index contributed by atoms with van der Waals surface area (Å²) in [5.41, 5.74) is -1.52. The van der Waals surface area contributed by atoms with Crippen molar-refractivity contribution in [2.24, 2.45) is 28.1 Å². The van der Waals surface area contributed by atoms with Crippen molar-refractivity contribution >= 4 is 5.97 Å². The van der Waals surface area contributed by atoms with Crippen molar-refractivity contribution in [1.29, 1.82) is 0 Å². The van der Waals surface area contributed by atoms with Gasteiger partial charge in [-0.25, -0.2) is 0 Å². The average molecular weight is 397 g/mol. The van der Waals surface area contributed by atoms with Crippen molar-refractivity contribution in [2.45, 2.75) is 84.9 Å². The molecule has 1 saturated carbocycles. The summed E-state index contributed by atoms with van der Waals surface area (Å²) in [6.45, 7) is 13.8. The van der Waals surface area contributed by atoms with Gasteiger partial charge in [0, 0.05) is 23.7 Å². The van der Waals surface area contributed by atoms with Gasteiger partial charge in [0.05, 0.1) is 31.5 Å². The third-order valence-electron chi connectivity index (χ3n) is 8.41. The van der Waals surface area contributed by atoms with E-state index >= 15 is 0 Å². The largest absolute Gasteiger partial charge is 0.462 e. The van der Waals surface area contributed by atoms with Gasteiger partial charge in [-0.3, -0.25) is 4.79 Å². The van der Waals surface area contributed by atoms with Gasteiger partial charge in [-0.1, -0.05) is 27.7 Å². The van der Waals surface area contributed by atoms with E-state index in [2.05, 4.69) is 20.8 Å². The highest BCUT2D eigenvalue weighted by atomic mass is 16.7. The van der Waals surface area contributed by atoms with E-state index in [9.17, 15) is 9.90 Å². The van der Waals surface area contributed by atoms with Gasteiger partial charge in [-0.15, -0.1) is 0 Å². The zero-order valence-corrected chi connectivity index (χ0v) is 18.1. The van der Waals surface area contributed by atoms with E-state index in [-0.39, 0.29) is 41.2 Å². The second kappa shape index (κ2) is 6.40. The van der Waals surface area contributed by atoms with E-state index in [1.165, 1.54) is 6.92 Å². The summed E-state index contributed by atoms with van der Waals surface area (Å²) in [7, 11) is 0. The molecule has 0 bridgehead atoms. The molecule has 4 rings (SSSR count). The molecule has 3 aliphatic heterocycles. The molecular formula is C22H36O6. The van der Waals surface area contributed by atoms with Crippen LogP contribution >= 0.6 is 0 Å². The first-order chi connectivity index (χ1) is 12.9. The zero-order chi connectivity index (χ0) is 20.5. The van der Waals surface area contributed by atoms with Crippen LogP contribution < -0.4 is 0 Å². The van der Waals surface area contributed by atoms with Crippen LogP contribution in [0.3, 0.4) is 0 Å². The van der Waals surface area contributed by atoms with E-state index < -0.39 is 11.0 Å². The molecule has 1 spiro atoms. The molecule has 8 atom stereocenters. The molecule has 3 heterocycles. The Balaban J connectivity index is 1.79. The predicted octanol–water partition coefficient (Wildman–Crippen LogP) is 2.91. The van der Waals surface area contributed by atoms with Crippen molar-refractivity contribution in [3.8, 4) is 0 Å². The summed E-state index contributed by atoms with van der Waals surface area (Å²) in [6, 6.07) is 0. The summed E-state index contributed by atoms with van der Waals surface area (Å²) in [5.74, 6) is 0.0989. The quantitative estimate of drug-likeness (QED) is 0.740. The van der Waals surface area contributed by atoms with Crippen LogP contribution in [0.2, 0.25) is 0 Å². The number of carbonyl (C=O) groups is 1. The molecule has 6 nitrogen and oxygen atoms in total. The van der Waals surface area contributed by atoms with Gasteiger partial charge in [0.2, 0.25) is 0 Å². The van der Waals surface area contributed by atoms with Crippen molar-refractivity contribution in [3.05, 3.63) is 0 Å². The lowest BCUT2D eigenvalue weighted by Crippen LogP contribution is -2.53. The van der Waals surface area contributed by atoms with Gasteiger partial charge >= 0.3 is 5.97 Å². The molecule has 0 aromatic carbocycles. The number of rotatable bonds is 3. The molecular weight excluding hydrogens is 360 g/mol. The highest BCUT2D eigenvalue weighted by Crippen LogP contribution is 2.72. The summed E-state index contributed by atoms with van der Waals surface area (Å²) in [4.78, 5) is 12.0. The second-order valence-corrected chi connectivity index (χ2v) is 10.9. The molecule has 1 aliphatic carbocycles. The highest BCUT2D eigenvalue weighted by Gasteiger charge is 2.77. The first kappa shape index (κ1) is 20.6. The number of ether oxygens (including phenoxy) is 4. The third-order valence-corrected chi connectivity index (χ3v) is 8.41. The molecule has 3 saturated heterocycles. The van der Waals surface area contributed by atoms with Gasteiger partial charge in [0.15, 0.2) is 6.29 Å². The molecule has 0 radical (unpaired) electrons. The maximum absolute atomic E-state index is 12.0. The van der Waals surface area contributed by atoms with Crippen LogP contribution in [0.5, 0.6) is 0 Å². The van der Waals surface area contributed by atoms with Gasteiger partial charge in [0.1, 0.15) is 6.10 Å². The number of hydrogen-bond donors (Lipinski definition) is 1. The fourth-order valence-corrected chi connectivity index (χ4v) is 6.75. The lowest BCUT2D eigenvalue weighted by atomic mass is 9.55. The minimum atomic E-state index is -0.909. The lowest BCUT2D eigenvalue weighted by Gasteiger charge is -2.47. The minimum Gasteiger partial charge on any atom is -0.462 e. The molecule has 4 aliphatic rings. The zero-order valence-electron chi connectivity index (χ0n) is 18.1. The minimum absolute atomic E-state index is 0.0200. The van der Waals surface area contributed by atoms with Crippen molar-refractivity contribution < 1.29 is 28.8 Å². The van der Waals surface area contributed by atoms with E-state index in [1.807, 2.05) is 13.8 Å². The number of esters is 1. The Morgan fingerprint density at radius 2 is 1.96 bits per heavy atom. The molecule has 28 heavy (non-hydrogen) atoms. The van der Waals surface area contributed by atoms with Crippen molar-refractivity contribution in [2.75, 3.05) is 19.8 Å². The number of carbonyl (C=O) groups excluding carboxylic acids is 1. The van der Waals surface area contributed by atoms with Crippen LogP contribution in [0.1, 0.15) is 60.8 Å². The van der Waals surface area contributed by atoms with E-state index in [4.69, 9.17) is 18.9 Å². The Hall–Kier alpha value is -0.690. The summed E-state index contributed by atoms with van der Waals surface area (Å²) in [6.07, 6.45) is 1.48. The molecule has 0 amide bonds. The molecule has 160 valence electrons. The highest BCUT2D eigenvalue weighted by molar-refractivity contribution is 5.66. The van der Waals surface area contributed by atoms with E-state index in [0.717, 1.165) is 12.8 Å². The summed E-state index contributed by atoms with van der Waals surface area (Å²) < 4.78 is 24.3. The SMILES string of the molecule is CC(=O)OC1C[C@@H](C(C)(C)C)C23CCOC2OCC13CC1OC[C@@H](C)[C@@]1(C)O. The monoisotopic (exact) mass is 396 g/mol. The normalized spacial score (nSPS) is 50.6. The second-order valence-electron chi connectivity index (χ2n) is 10.9. The van der Waals surface area contributed by atoms with Crippen LogP contribution in [0.15, 0.2) is 0 Å². The fourth-order valence-electron chi connectivity index (χ4n) is 6.75. The summed E-state index contributed by atoms with van der Waals surface area (Å²) in [5, 5.41) is 11.1. The van der Waals surface area contributed by atoms with Gasteiger partial charge in [-0.05, 0) is 37.5 Å². The summed E-state index contributed by atoms with van der Waals surface area (Å²) >= 11 is 0. The Morgan fingerprint density at radius 3 is 2.54 bits per heavy atom. The maximum Gasteiger partial charge on any atom is 0.302 e. The van der Waals surface area contributed by atoms with Crippen molar-refractivity contribution in [3.63, 3.8) is 0 Å². The smallest absolute Gasteiger partial charge is 0.302 e. The van der Waals surface area contributed by atoms with E-state index in [0.29, 0.717) is 32.2 Å². The van der Waals surface area contributed by atoms with Crippen LogP contribution in [0.4, 0.5) is 0 Å². The van der Waals surface area contributed by atoms with Crippen LogP contribution in [-0.2, 0) is 23.7 Å². The molecule has 1 N–H and O–H groups in total. The van der Waals surface area contributed by atoms with Crippen LogP contribution in [0, 0.1) is 28.1 Å². The first-order valence-corrected chi connectivity index (χ1v) is 10.7. The standard InChI is InChI=1S/C22H36O6/c1-13-11-26-17(20(13,6)24)10-21-12-27-18-22(21,7-8-25-18)15(19(3,4)5)9-16(21)28-14(2)23/h13,15-18,24H,7-12H2,1-6H3/t13-,15+,16?,17?,18?,20-,21?,22?/m1/s1. The fraction of sp³-hybridized carbons (Fsp3) is 0.955. The maximum atomic E-state index is 12.0. The van der Waals surface area contributed by atoms with Crippen molar-refractivity contribution in [1.82, 2.24) is 0 Å². The topological polar surface area (TPSA) is 74.2 Å². The van der Waals surface area contributed by atoms with Gasteiger partial charge < -0.3 is 24.1 Å². The van der Waals surface area contributed by atoms with Gasteiger partial charge in [-0.2, -0.15) is 0 Å². The number of hydrogen-bond acceptors (Lipinski definition) is 6. The predicted molar refractivity (Wildman–Crippen MR) is 102 cm³/mol. The van der Waals surface area contributed by atoms with E-state index in [1.54, 1.807) is 0 Å². The first-order valence-electron chi connectivity index (χ1n) is 10.7. The van der Waals surface area contributed by atoms with Gasteiger partial charge in [0.25, 0.3) is 0 Å².